The molecule has 0 unspecified atom stereocenters. The lowest BCUT2D eigenvalue weighted by Gasteiger charge is -2.08. The normalized spacial score (nSPS) is 10.2. The second-order valence-corrected chi connectivity index (χ2v) is 4.92. The molecule has 3 nitrogen and oxygen atoms in total. The van der Waals surface area contributed by atoms with Crippen LogP contribution in [0.4, 0.5) is 0 Å². The molecular weight excluding hydrogens is 308 g/mol. The molecule has 0 radical (unpaired) electrons. The number of ether oxygens (including phenoxy) is 1. The van der Waals surface area contributed by atoms with Gasteiger partial charge in [-0.2, -0.15) is 0 Å². The van der Waals surface area contributed by atoms with E-state index >= 15 is 0 Å². The van der Waals surface area contributed by atoms with Crippen LogP contribution in [0.1, 0.15) is 21.5 Å². The van der Waals surface area contributed by atoms with Gasteiger partial charge in [0, 0.05) is 10.0 Å². The predicted octanol–water partition coefficient (Wildman–Crippen LogP) is 3.33. The first-order valence-corrected chi connectivity index (χ1v) is 6.58. The standard InChI is InChI=1S/C15H13BrO3/c16-15-6-5-14(7-13(15)9-18)19-10-12-3-1-11(8-17)2-4-12/h1-7,9,17H,8,10H2. The lowest BCUT2D eigenvalue weighted by molar-refractivity contribution is 0.112. The van der Waals surface area contributed by atoms with E-state index in [4.69, 9.17) is 9.84 Å². The number of aldehydes is 1. The Morgan fingerprint density at radius 3 is 2.42 bits per heavy atom. The molecule has 0 atom stereocenters. The van der Waals surface area contributed by atoms with Crippen LogP contribution in [0, 0.1) is 0 Å². The molecule has 2 aromatic carbocycles. The number of halogens is 1. The molecule has 0 aliphatic carbocycles. The van der Waals surface area contributed by atoms with E-state index in [1.54, 1.807) is 18.2 Å². The molecule has 0 aromatic heterocycles. The quantitative estimate of drug-likeness (QED) is 0.859. The third-order valence-corrected chi connectivity index (χ3v) is 3.43. The minimum Gasteiger partial charge on any atom is -0.489 e. The number of carbonyl (C=O) groups excluding carboxylic acids is 1. The van der Waals surface area contributed by atoms with Crippen molar-refractivity contribution >= 4 is 22.2 Å². The number of aliphatic hydroxyl groups is 1. The van der Waals surface area contributed by atoms with Gasteiger partial charge in [-0.05, 0) is 29.3 Å². The van der Waals surface area contributed by atoms with E-state index < -0.39 is 0 Å². The second kappa shape index (κ2) is 6.50. The molecule has 0 aliphatic heterocycles. The fraction of sp³-hybridized carbons (Fsp3) is 0.133. The first-order chi connectivity index (χ1) is 9.22. The fourth-order valence-corrected chi connectivity index (χ4v) is 1.95. The molecule has 19 heavy (non-hydrogen) atoms. The molecule has 0 heterocycles. The molecule has 0 bridgehead atoms. The second-order valence-electron chi connectivity index (χ2n) is 4.06. The summed E-state index contributed by atoms with van der Waals surface area (Å²) < 4.78 is 6.37. The van der Waals surface area contributed by atoms with E-state index in [0.717, 1.165) is 21.9 Å². The molecule has 0 fully saturated rings. The van der Waals surface area contributed by atoms with Crippen molar-refractivity contribution in [2.75, 3.05) is 0 Å². The third kappa shape index (κ3) is 3.66. The highest BCUT2D eigenvalue weighted by atomic mass is 79.9. The van der Waals surface area contributed by atoms with Crippen molar-refractivity contribution in [3.8, 4) is 5.75 Å². The van der Waals surface area contributed by atoms with Crippen molar-refractivity contribution in [3.05, 3.63) is 63.6 Å². The zero-order chi connectivity index (χ0) is 13.7. The number of aliphatic hydroxyl groups excluding tert-OH is 1. The summed E-state index contributed by atoms with van der Waals surface area (Å²) in [6.07, 6.45) is 0.785. The van der Waals surface area contributed by atoms with Crippen molar-refractivity contribution in [2.45, 2.75) is 13.2 Å². The molecule has 4 heteroatoms. The van der Waals surface area contributed by atoms with Crippen molar-refractivity contribution in [1.82, 2.24) is 0 Å². The molecule has 1 N–H and O–H groups in total. The van der Waals surface area contributed by atoms with Crippen LogP contribution in [0.5, 0.6) is 5.75 Å². The first kappa shape index (κ1) is 13.8. The number of carbonyl (C=O) groups is 1. The van der Waals surface area contributed by atoms with Crippen molar-refractivity contribution in [1.29, 1.82) is 0 Å². The Hall–Kier alpha value is -1.65. The minimum absolute atomic E-state index is 0.0382. The van der Waals surface area contributed by atoms with E-state index in [1.165, 1.54) is 0 Å². The Morgan fingerprint density at radius 2 is 1.79 bits per heavy atom. The van der Waals surface area contributed by atoms with Gasteiger partial charge >= 0.3 is 0 Å². The molecule has 0 spiro atoms. The van der Waals surface area contributed by atoms with Crippen LogP contribution in [0.3, 0.4) is 0 Å². The lowest BCUT2D eigenvalue weighted by atomic mass is 10.1. The van der Waals surface area contributed by atoms with Crippen molar-refractivity contribution in [2.24, 2.45) is 0 Å². The van der Waals surface area contributed by atoms with Gasteiger partial charge in [0.2, 0.25) is 0 Å². The highest BCUT2D eigenvalue weighted by Gasteiger charge is 2.02. The average molecular weight is 321 g/mol. The van der Waals surface area contributed by atoms with Gasteiger partial charge in [-0.1, -0.05) is 40.2 Å². The van der Waals surface area contributed by atoms with E-state index in [-0.39, 0.29) is 6.61 Å². The van der Waals surface area contributed by atoms with Crippen LogP contribution in [-0.4, -0.2) is 11.4 Å². The first-order valence-electron chi connectivity index (χ1n) is 5.79. The van der Waals surface area contributed by atoms with Crippen LogP contribution in [0.2, 0.25) is 0 Å². The zero-order valence-electron chi connectivity index (χ0n) is 10.2. The van der Waals surface area contributed by atoms with Crippen LogP contribution in [0.15, 0.2) is 46.9 Å². The number of benzene rings is 2. The van der Waals surface area contributed by atoms with Gasteiger partial charge in [0.05, 0.1) is 6.61 Å². The Morgan fingerprint density at radius 1 is 1.11 bits per heavy atom. The van der Waals surface area contributed by atoms with Crippen molar-refractivity contribution < 1.29 is 14.6 Å². The monoisotopic (exact) mass is 320 g/mol. The van der Waals surface area contributed by atoms with Gasteiger partial charge in [0.25, 0.3) is 0 Å². The molecule has 0 aliphatic rings. The maximum atomic E-state index is 10.8. The summed E-state index contributed by atoms with van der Waals surface area (Å²) in [4.78, 5) is 10.8. The lowest BCUT2D eigenvalue weighted by Crippen LogP contribution is -1.96. The summed E-state index contributed by atoms with van der Waals surface area (Å²) in [5.74, 6) is 0.650. The Labute approximate surface area is 120 Å². The van der Waals surface area contributed by atoms with E-state index in [2.05, 4.69) is 15.9 Å². The van der Waals surface area contributed by atoms with Crippen molar-refractivity contribution in [3.63, 3.8) is 0 Å². The van der Waals surface area contributed by atoms with Gasteiger partial charge in [-0.15, -0.1) is 0 Å². The SMILES string of the molecule is O=Cc1cc(OCc2ccc(CO)cc2)ccc1Br. The highest BCUT2D eigenvalue weighted by molar-refractivity contribution is 9.10. The van der Waals surface area contributed by atoms with E-state index in [0.29, 0.717) is 17.9 Å². The predicted molar refractivity (Wildman–Crippen MR) is 76.2 cm³/mol. The van der Waals surface area contributed by atoms with E-state index in [1.807, 2.05) is 24.3 Å². The smallest absolute Gasteiger partial charge is 0.151 e. The largest absolute Gasteiger partial charge is 0.489 e. The third-order valence-electron chi connectivity index (χ3n) is 2.71. The van der Waals surface area contributed by atoms with Gasteiger partial charge < -0.3 is 9.84 Å². The fourth-order valence-electron chi connectivity index (χ4n) is 1.61. The topological polar surface area (TPSA) is 46.5 Å². The minimum atomic E-state index is 0.0382. The number of hydrogen-bond acceptors (Lipinski definition) is 3. The number of hydrogen-bond donors (Lipinski definition) is 1. The summed E-state index contributed by atoms with van der Waals surface area (Å²) in [5.41, 5.74) is 2.44. The molecule has 2 aromatic rings. The number of rotatable bonds is 5. The van der Waals surface area contributed by atoms with Crippen LogP contribution in [-0.2, 0) is 13.2 Å². The molecule has 2 rings (SSSR count). The Balaban J connectivity index is 2.03. The van der Waals surface area contributed by atoms with E-state index in [9.17, 15) is 4.79 Å². The summed E-state index contributed by atoms with van der Waals surface area (Å²) in [6.45, 7) is 0.460. The average Bonchev–Trinajstić information content (AvgIpc) is 2.47. The zero-order valence-corrected chi connectivity index (χ0v) is 11.8. The van der Waals surface area contributed by atoms with Gasteiger partial charge in [-0.25, -0.2) is 0 Å². The summed E-state index contributed by atoms with van der Waals surface area (Å²) in [6, 6.07) is 12.8. The Bertz CT molecular complexity index is 564. The molecule has 0 saturated carbocycles. The highest BCUT2D eigenvalue weighted by Crippen LogP contribution is 2.22. The van der Waals surface area contributed by atoms with Gasteiger partial charge in [0.15, 0.2) is 6.29 Å². The maximum absolute atomic E-state index is 10.8. The molecule has 0 amide bonds. The van der Waals surface area contributed by atoms with Crippen LogP contribution >= 0.6 is 15.9 Å². The van der Waals surface area contributed by atoms with Gasteiger partial charge in [-0.3, -0.25) is 4.79 Å². The summed E-state index contributed by atoms with van der Waals surface area (Å²) in [7, 11) is 0. The molecule has 98 valence electrons. The van der Waals surface area contributed by atoms with Crippen LogP contribution < -0.4 is 4.74 Å². The summed E-state index contributed by atoms with van der Waals surface area (Å²) >= 11 is 3.29. The van der Waals surface area contributed by atoms with Gasteiger partial charge in [0.1, 0.15) is 12.4 Å². The molecule has 0 saturated heterocycles. The van der Waals surface area contributed by atoms with Crippen LogP contribution in [0.25, 0.3) is 0 Å². The molecular formula is C15H13BrO3. The summed E-state index contributed by atoms with van der Waals surface area (Å²) in [5, 5.41) is 8.95. The maximum Gasteiger partial charge on any atom is 0.151 e. The Kier molecular flexibility index (Phi) is 4.71.